The van der Waals surface area contributed by atoms with Crippen molar-refractivity contribution in [3.05, 3.63) is 6.61 Å². The second-order valence-electron chi connectivity index (χ2n) is 1.18. The molecule has 1 nitrogen and oxygen atoms in total. The molecule has 0 radical (unpaired) electrons. The second-order valence-corrected chi connectivity index (χ2v) is 1.18. The Bertz CT molecular complexity index is 19.1. The fourth-order valence-corrected chi connectivity index (χ4v) is 0.417. The quantitative estimate of drug-likeness (QED) is 0.240. The first-order valence-electron chi connectivity index (χ1n) is 1.93. The standard InChI is InChI=1S/C4H7O.Li/c1-2-4-5-3-1;/h3H,1-2,4H2;/q-1;+1. The van der Waals surface area contributed by atoms with Crippen molar-refractivity contribution in [3.63, 3.8) is 0 Å². The van der Waals surface area contributed by atoms with E-state index in [1.807, 2.05) is 6.61 Å². The zero-order valence-corrected chi connectivity index (χ0v) is 4.11. The molecular formula is C4H7LiO. The maximum Gasteiger partial charge on any atom is 1.00 e. The predicted molar refractivity (Wildman–Crippen MR) is 19.5 cm³/mol. The summed E-state index contributed by atoms with van der Waals surface area (Å²) in [6, 6.07) is 0. The van der Waals surface area contributed by atoms with Crippen LogP contribution < -0.4 is 18.9 Å². The molecule has 0 spiro atoms. The van der Waals surface area contributed by atoms with E-state index >= 15 is 0 Å². The summed E-state index contributed by atoms with van der Waals surface area (Å²) >= 11 is 0. The monoisotopic (exact) mass is 78.1 g/mol. The molecule has 0 atom stereocenters. The van der Waals surface area contributed by atoms with Crippen molar-refractivity contribution < 1.29 is 23.6 Å². The minimum Gasteiger partial charge on any atom is -0.552 e. The maximum absolute atomic E-state index is 4.82. The van der Waals surface area contributed by atoms with Crippen LogP contribution in [0.15, 0.2) is 0 Å². The summed E-state index contributed by atoms with van der Waals surface area (Å²) in [6.45, 7) is 2.81. The van der Waals surface area contributed by atoms with Crippen LogP contribution in [-0.4, -0.2) is 6.61 Å². The van der Waals surface area contributed by atoms with Crippen LogP contribution in [0.5, 0.6) is 0 Å². The van der Waals surface area contributed by atoms with Gasteiger partial charge < -0.3 is 4.74 Å². The van der Waals surface area contributed by atoms with Crippen molar-refractivity contribution in [1.29, 1.82) is 0 Å². The third-order valence-corrected chi connectivity index (χ3v) is 0.702. The summed E-state index contributed by atoms with van der Waals surface area (Å²) in [5, 5.41) is 0. The molecule has 0 bridgehead atoms. The van der Waals surface area contributed by atoms with Crippen LogP contribution >= 0.6 is 0 Å². The van der Waals surface area contributed by atoms with Crippen LogP contribution in [0.2, 0.25) is 0 Å². The Morgan fingerprint density at radius 2 is 2.33 bits per heavy atom. The van der Waals surface area contributed by atoms with Crippen molar-refractivity contribution in [2.24, 2.45) is 0 Å². The third-order valence-electron chi connectivity index (χ3n) is 0.702. The number of hydrogen-bond donors (Lipinski definition) is 0. The largest absolute Gasteiger partial charge is 1.00 e. The van der Waals surface area contributed by atoms with E-state index in [0.29, 0.717) is 0 Å². The van der Waals surface area contributed by atoms with Crippen LogP contribution in [0, 0.1) is 6.61 Å². The minimum absolute atomic E-state index is 0. The Morgan fingerprint density at radius 1 is 1.50 bits per heavy atom. The van der Waals surface area contributed by atoms with Crippen LogP contribution in [0.3, 0.4) is 0 Å². The first kappa shape index (κ1) is 6.56. The molecular weight excluding hydrogens is 71.0 g/mol. The summed E-state index contributed by atoms with van der Waals surface area (Å²) < 4.78 is 4.82. The molecule has 2 heteroatoms. The fourth-order valence-electron chi connectivity index (χ4n) is 0.417. The van der Waals surface area contributed by atoms with Gasteiger partial charge in [0.1, 0.15) is 0 Å². The maximum atomic E-state index is 4.82. The van der Waals surface area contributed by atoms with E-state index < -0.39 is 0 Å². The molecule has 6 heavy (non-hydrogen) atoms. The van der Waals surface area contributed by atoms with Gasteiger partial charge in [-0.25, -0.2) is 6.61 Å². The Hall–Kier alpha value is 0.557. The number of ether oxygens (including phenoxy) is 1. The molecule has 1 aliphatic heterocycles. The van der Waals surface area contributed by atoms with Gasteiger partial charge in [-0.1, -0.05) is 6.42 Å². The van der Waals surface area contributed by atoms with E-state index in [1.165, 1.54) is 6.42 Å². The predicted octanol–water partition coefficient (Wildman–Crippen LogP) is -2.04. The normalized spacial score (nSPS) is 20.0. The van der Waals surface area contributed by atoms with E-state index in [2.05, 4.69) is 0 Å². The van der Waals surface area contributed by atoms with Gasteiger partial charge in [0.2, 0.25) is 0 Å². The van der Waals surface area contributed by atoms with Crippen molar-refractivity contribution in [2.75, 3.05) is 6.61 Å². The number of hydrogen-bond acceptors (Lipinski definition) is 1. The van der Waals surface area contributed by atoms with Crippen LogP contribution in [0.1, 0.15) is 12.8 Å². The molecule has 0 aromatic carbocycles. The SMILES string of the molecule is [CH-]1CCCO1.[Li+]. The molecule has 0 saturated carbocycles. The summed E-state index contributed by atoms with van der Waals surface area (Å²) in [4.78, 5) is 0. The Labute approximate surface area is 50.2 Å². The first-order chi connectivity index (χ1) is 2.50. The van der Waals surface area contributed by atoms with Gasteiger partial charge in [-0.15, -0.1) is 0 Å². The average Bonchev–Trinajstić information content (AvgIpc) is 1.76. The Balaban J connectivity index is 0.000000250. The summed E-state index contributed by atoms with van der Waals surface area (Å²) in [5.74, 6) is 0. The average molecular weight is 78.0 g/mol. The molecule has 30 valence electrons. The van der Waals surface area contributed by atoms with Crippen molar-refractivity contribution in [3.8, 4) is 0 Å². The van der Waals surface area contributed by atoms with Crippen molar-refractivity contribution in [2.45, 2.75) is 12.8 Å². The zero-order valence-electron chi connectivity index (χ0n) is 4.11. The zero-order chi connectivity index (χ0) is 3.54. The van der Waals surface area contributed by atoms with Crippen LogP contribution in [0.25, 0.3) is 0 Å². The van der Waals surface area contributed by atoms with Gasteiger partial charge in [0.15, 0.2) is 0 Å². The molecule has 1 aliphatic rings. The van der Waals surface area contributed by atoms with Crippen LogP contribution in [0.4, 0.5) is 0 Å². The summed E-state index contributed by atoms with van der Waals surface area (Å²) in [6.07, 6.45) is 2.38. The molecule has 0 amide bonds. The van der Waals surface area contributed by atoms with Gasteiger partial charge >= 0.3 is 18.9 Å². The fraction of sp³-hybridized carbons (Fsp3) is 0.750. The number of rotatable bonds is 0. The Kier molecular flexibility index (Phi) is 4.08. The van der Waals surface area contributed by atoms with Crippen LogP contribution in [-0.2, 0) is 4.74 Å². The summed E-state index contributed by atoms with van der Waals surface area (Å²) in [7, 11) is 0. The molecule has 1 fully saturated rings. The van der Waals surface area contributed by atoms with E-state index in [9.17, 15) is 0 Å². The van der Waals surface area contributed by atoms with Gasteiger partial charge in [0, 0.05) is 6.61 Å². The molecule has 0 aromatic heterocycles. The first-order valence-corrected chi connectivity index (χ1v) is 1.93. The molecule has 0 aromatic rings. The van der Waals surface area contributed by atoms with Gasteiger partial charge in [-0.05, 0) is 0 Å². The molecule has 0 aliphatic carbocycles. The molecule has 0 N–H and O–H groups in total. The van der Waals surface area contributed by atoms with E-state index in [0.717, 1.165) is 13.0 Å². The molecule has 1 heterocycles. The smallest absolute Gasteiger partial charge is 0.552 e. The van der Waals surface area contributed by atoms with Crippen molar-refractivity contribution >= 4 is 0 Å². The Morgan fingerprint density at radius 3 is 2.50 bits per heavy atom. The molecule has 1 rings (SSSR count). The summed E-state index contributed by atoms with van der Waals surface area (Å²) in [5.41, 5.74) is 0. The van der Waals surface area contributed by atoms with Gasteiger partial charge in [0.25, 0.3) is 0 Å². The van der Waals surface area contributed by atoms with E-state index in [1.54, 1.807) is 0 Å². The van der Waals surface area contributed by atoms with Gasteiger partial charge in [0.05, 0.1) is 0 Å². The van der Waals surface area contributed by atoms with E-state index in [4.69, 9.17) is 4.74 Å². The third kappa shape index (κ3) is 1.87. The van der Waals surface area contributed by atoms with Gasteiger partial charge in [-0.3, -0.25) is 0 Å². The second kappa shape index (κ2) is 3.74. The molecule has 0 unspecified atom stereocenters. The van der Waals surface area contributed by atoms with Gasteiger partial charge in [-0.2, -0.15) is 6.42 Å². The topological polar surface area (TPSA) is 9.23 Å². The molecule has 1 saturated heterocycles. The van der Waals surface area contributed by atoms with E-state index in [-0.39, 0.29) is 18.9 Å². The minimum atomic E-state index is 0. The van der Waals surface area contributed by atoms with Crippen molar-refractivity contribution in [1.82, 2.24) is 0 Å².